The van der Waals surface area contributed by atoms with Crippen molar-refractivity contribution in [3.8, 4) is 0 Å². The van der Waals surface area contributed by atoms with Crippen molar-refractivity contribution >= 4 is 85.1 Å². The summed E-state index contributed by atoms with van der Waals surface area (Å²) < 4.78 is 0. The minimum Gasteiger partial charge on any atom is -0.345 e. The zero-order valence-electron chi connectivity index (χ0n) is 61.2. The summed E-state index contributed by atoms with van der Waals surface area (Å²) in [6.45, 7) is 10.4. The number of hydrogen-bond acceptors (Lipinski definition) is 5. The molecule has 0 fully saturated rings. The van der Waals surface area contributed by atoms with Gasteiger partial charge in [-0.15, -0.1) is 0 Å². The van der Waals surface area contributed by atoms with Crippen LogP contribution in [0.3, 0.4) is 0 Å². The van der Waals surface area contributed by atoms with E-state index in [1.165, 1.54) is 121 Å². The highest BCUT2D eigenvalue weighted by Gasteiger charge is 2.16. The minimum absolute atomic E-state index is 1.13. The number of unbranched alkanes of at least 4 members (excludes halogenated alkanes) is 9. The highest BCUT2D eigenvalue weighted by molar-refractivity contribution is 5.96. The molecular formula is C97H105N5. The van der Waals surface area contributed by atoms with Crippen LogP contribution in [-0.4, -0.2) is 21.1 Å². The van der Waals surface area contributed by atoms with Crippen molar-refractivity contribution < 1.29 is 0 Å². The van der Waals surface area contributed by atoms with Crippen LogP contribution >= 0.6 is 0 Å². The lowest BCUT2D eigenvalue weighted by Gasteiger charge is -2.27. The molecule has 102 heavy (non-hydrogen) atoms. The molecule has 0 aliphatic heterocycles. The molecule has 0 heterocycles. The quantitative estimate of drug-likeness (QED) is 0.0501. The Morgan fingerprint density at radius 2 is 0.529 bits per heavy atom. The first-order valence-electron chi connectivity index (χ1n) is 36.9. The highest BCUT2D eigenvalue weighted by atomic mass is 15.2. The number of hydrogen-bond donors (Lipinski definition) is 0. The summed E-state index contributed by atoms with van der Waals surface area (Å²) >= 11 is 0. The summed E-state index contributed by atoms with van der Waals surface area (Å²) in [5, 5.41) is 2.51. The third kappa shape index (κ3) is 23.2. The van der Waals surface area contributed by atoms with Crippen molar-refractivity contribution in [1.82, 2.24) is 0 Å². The van der Waals surface area contributed by atoms with Gasteiger partial charge in [0.15, 0.2) is 0 Å². The predicted molar refractivity (Wildman–Crippen MR) is 447 cm³/mol. The third-order valence-corrected chi connectivity index (χ3v) is 18.5. The van der Waals surface area contributed by atoms with E-state index in [0.29, 0.717) is 0 Å². The van der Waals surface area contributed by atoms with Crippen LogP contribution in [0, 0.1) is 0 Å². The number of benzene rings is 13. The lowest BCUT2D eigenvalue weighted by atomic mass is 10.0. The maximum absolute atomic E-state index is 3.75. The fourth-order valence-electron chi connectivity index (χ4n) is 12.4. The highest BCUT2D eigenvalue weighted by Crippen LogP contribution is 2.39. The zero-order valence-corrected chi connectivity index (χ0v) is 61.2. The van der Waals surface area contributed by atoms with E-state index in [9.17, 15) is 0 Å². The van der Waals surface area contributed by atoms with Crippen molar-refractivity contribution in [3.63, 3.8) is 0 Å². The lowest BCUT2D eigenvalue weighted by molar-refractivity contribution is 0.556. The number of nitrogens with zero attached hydrogens (tertiary/aromatic N) is 5. The van der Waals surface area contributed by atoms with E-state index in [1.807, 2.05) is 48.5 Å². The van der Waals surface area contributed by atoms with E-state index in [2.05, 4.69) is 382 Å². The summed E-state index contributed by atoms with van der Waals surface area (Å²) in [5.41, 5.74) is 19.4. The van der Waals surface area contributed by atoms with Crippen molar-refractivity contribution in [2.24, 2.45) is 0 Å². The van der Waals surface area contributed by atoms with Crippen LogP contribution in [0.1, 0.15) is 107 Å². The van der Waals surface area contributed by atoms with Crippen LogP contribution in [0.5, 0.6) is 0 Å². The molecule has 0 bridgehead atoms. The fourth-order valence-corrected chi connectivity index (χ4v) is 12.4. The lowest BCUT2D eigenvalue weighted by Crippen LogP contribution is -2.12. The monoisotopic (exact) mass is 1340 g/mol. The van der Waals surface area contributed by atoms with E-state index in [-0.39, 0.29) is 0 Å². The van der Waals surface area contributed by atoms with Gasteiger partial charge in [-0.2, -0.15) is 0 Å². The average molecular weight is 1340 g/mol. The van der Waals surface area contributed by atoms with Gasteiger partial charge in [-0.1, -0.05) is 304 Å². The second-order valence-corrected chi connectivity index (χ2v) is 25.6. The van der Waals surface area contributed by atoms with Crippen LogP contribution in [0.25, 0.3) is 16.8 Å². The normalized spacial score (nSPS) is 10.4. The Morgan fingerprint density at radius 1 is 0.245 bits per heavy atom. The number of para-hydroxylation sites is 6. The van der Waals surface area contributed by atoms with Crippen LogP contribution in [0.2, 0.25) is 0 Å². The smallest absolute Gasteiger partial charge is 0.0487 e. The number of rotatable bonds is 26. The third-order valence-electron chi connectivity index (χ3n) is 18.5. The van der Waals surface area contributed by atoms with Crippen LogP contribution in [0.4, 0.5) is 68.2 Å². The second kappa shape index (κ2) is 42.1. The molecule has 5 nitrogen and oxygen atoms in total. The largest absolute Gasteiger partial charge is 0.345 e. The molecule has 518 valence electrons. The molecule has 0 aliphatic rings. The molecule has 5 heteroatoms. The first-order chi connectivity index (χ1) is 50.2. The Morgan fingerprint density at radius 3 is 0.912 bits per heavy atom. The first-order valence-corrected chi connectivity index (χ1v) is 36.9. The van der Waals surface area contributed by atoms with Gasteiger partial charge in [-0.3, -0.25) is 0 Å². The number of fused-ring (bicyclic) bond motifs is 1. The van der Waals surface area contributed by atoms with E-state index in [1.54, 1.807) is 0 Å². The molecule has 13 aromatic rings. The molecule has 0 aliphatic carbocycles. The van der Waals surface area contributed by atoms with Crippen molar-refractivity contribution in [2.75, 3.05) is 45.6 Å². The Hall–Kier alpha value is -11.1. The van der Waals surface area contributed by atoms with Crippen molar-refractivity contribution in [2.45, 2.75) is 104 Å². The first kappa shape index (κ1) is 75.1. The van der Waals surface area contributed by atoms with E-state index in [4.69, 9.17) is 0 Å². The van der Waals surface area contributed by atoms with E-state index < -0.39 is 0 Å². The van der Waals surface area contributed by atoms with Crippen LogP contribution in [-0.2, 0) is 19.3 Å². The molecule has 0 radical (unpaired) electrons. The van der Waals surface area contributed by atoms with Gasteiger partial charge in [0, 0.05) is 94.8 Å². The summed E-state index contributed by atoms with van der Waals surface area (Å²) in [5.74, 6) is 0. The molecule has 0 saturated carbocycles. The Bertz CT molecular complexity index is 4280. The molecule has 13 rings (SSSR count). The molecule has 13 aromatic carbocycles. The molecule has 0 saturated heterocycles. The Kier molecular flexibility index (Phi) is 31.0. The maximum Gasteiger partial charge on any atom is 0.0487 e. The number of anilines is 12. The van der Waals surface area contributed by atoms with Gasteiger partial charge in [0.05, 0.1) is 0 Å². The summed E-state index contributed by atoms with van der Waals surface area (Å²) in [6, 6.07) is 123. The molecule has 0 aromatic heterocycles. The van der Waals surface area contributed by atoms with Gasteiger partial charge in [0.25, 0.3) is 0 Å². The summed E-state index contributed by atoms with van der Waals surface area (Å²) in [6.07, 6.45) is 19.7. The van der Waals surface area contributed by atoms with Crippen molar-refractivity contribution in [3.05, 3.63) is 381 Å². The van der Waals surface area contributed by atoms with Gasteiger partial charge in [-0.25, -0.2) is 0 Å². The van der Waals surface area contributed by atoms with Crippen LogP contribution in [0.15, 0.2) is 358 Å². The Labute approximate surface area is 612 Å². The second-order valence-electron chi connectivity index (χ2n) is 25.6. The Balaban J connectivity index is 0.000000156. The molecule has 0 atom stereocenters. The van der Waals surface area contributed by atoms with Gasteiger partial charge in [-0.05, 0) is 193 Å². The standard InChI is InChI=1S/C29H24N2.C25H22N2.C20H34.C15H15N.C8H10/c1-30(29-18-10-12-23-11-8-9-17-28(23)29)24-19-21-27(22-20-24)31(25-13-4-2-5-14-25)26-15-6-3-7-16-26;1-26(21-11-5-2-6-12-21)22-17-19-25(20-18-22)27(23-13-7-3-8-14-23)24-15-9-4-10-16-24;1-3-5-6-7-8-9-10-11-12-13-14-20-17-15-19(4-2)16-18-20;1-3-13-9-11-15(12-10-13)16(2)14-7-5-4-6-8-14;1-2-8-6-4-3-5-7-8/h2-22H,1H3;2-20H,1H3;15-18H,3-14H2,1-2H3;3-12H,1H2,2H3;3-7H,2H2,1H3. The molecule has 0 N–H and O–H groups in total. The van der Waals surface area contributed by atoms with Gasteiger partial charge in [0.1, 0.15) is 0 Å². The summed E-state index contributed by atoms with van der Waals surface area (Å²) in [7, 11) is 6.29. The van der Waals surface area contributed by atoms with Gasteiger partial charge < -0.3 is 24.5 Å². The van der Waals surface area contributed by atoms with Gasteiger partial charge in [0.2, 0.25) is 0 Å². The number of aryl methyl sites for hydroxylation is 3. The fraction of sp³-hybridized carbons (Fsp3) is 0.196. The predicted octanol–water partition coefficient (Wildman–Crippen LogP) is 28.1. The van der Waals surface area contributed by atoms with Crippen LogP contribution < -0.4 is 24.5 Å². The minimum atomic E-state index is 1.13. The molecular weight excluding hydrogens is 1240 g/mol. The zero-order chi connectivity index (χ0) is 71.2. The summed E-state index contributed by atoms with van der Waals surface area (Å²) in [4.78, 5) is 11.2. The topological polar surface area (TPSA) is 16.2 Å². The molecule has 0 unspecified atom stereocenters. The molecule has 0 amide bonds. The SMILES string of the molecule is C=Cc1ccc(N(C)c2ccccc2)cc1.CCCCCCCCCCCCc1ccc(CC)cc1.CCc1ccccc1.CN(c1ccc(N(c2ccccc2)c2ccccc2)cc1)c1cccc2ccccc12.CN(c1ccccc1)c1ccc(N(c2ccccc2)c2ccccc2)cc1. The van der Waals surface area contributed by atoms with Gasteiger partial charge >= 0.3 is 0 Å². The van der Waals surface area contributed by atoms with E-state index in [0.717, 1.165) is 63.9 Å². The molecule has 0 spiro atoms. The van der Waals surface area contributed by atoms with E-state index >= 15 is 0 Å². The maximum atomic E-state index is 3.75. The van der Waals surface area contributed by atoms with Crippen molar-refractivity contribution in [1.29, 1.82) is 0 Å². The average Bonchev–Trinajstić information content (AvgIpc) is 0.802.